The van der Waals surface area contributed by atoms with Gasteiger partial charge in [-0.2, -0.15) is 0 Å². The maximum Gasteiger partial charge on any atom is 0.269 e. The van der Waals surface area contributed by atoms with Gasteiger partial charge in [-0.3, -0.25) is 19.7 Å². The molecule has 31 heavy (non-hydrogen) atoms. The Morgan fingerprint density at radius 2 is 1.48 bits per heavy atom. The number of carbonyl (C=O) groups excluding carboxylic acids is 2. The van der Waals surface area contributed by atoms with Crippen LogP contribution < -0.4 is 15.4 Å². The van der Waals surface area contributed by atoms with Crippen molar-refractivity contribution >= 4 is 23.1 Å². The van der Waals surface area contributed by atoms with E-state index in [0.717, 1.165) is 5.69 Å². The molecule has 0 saturated carbocycles. The molecule has 0 aromatic heterocycles. The lowest BCUT2D eigenvalue weighted by atomic mass is 10.0. The highest BCUT2D eigenvalue weighted by Crippen LogP contribution is 2.16. The number of carbonyl (C=O) groups is 2. The minimum atomic E-state index is -0.460. The number of rotatable bonds is 10. The number of hydrogen-bond donors (Lipinski definition) is 2. The van der Waals surface area contributed by atoms with E-state index in [2.05, 4.69) is 10.6 Å². The molecule has 0 radical (unpaired) electrons. The Kier molecular flexibility index (Phi) is 7.31. The van der Waals surface area contributed by atoms with E-state index in [4.69, 9.17) is 4.74 Å². The number of nitrogens with zero attached hydrogens (tertiary/aromatic N) is 1. The second kappa shape index (κ2) is 10.5. The molecular weight excluding hydrogens is 398 g/mol. The van der Waals surface area contributed by atoms with Crippen LogP contribution in [0.15, 0.2) is 78.9 Å². The molecule has 0 spiro atoms. The summed E-state index contributed by atoms with van der Waals surface area (Å²) in [6, 6.07) is 21.7. The lowest BCUT2D eigenvalue weighted by Crippen LogP contribution is -2.32. The molecule has 8 heteroatoms. The standard InChI is InChI=1S/C23H21N3O5/c27-22(25-15-14-24-19-8-10-20(11-9-19)26(29)30)16-31-21-12-6-18(7-13-21)23(28)17-4-2-1-3-5-17/h1-13,24H,14-16H2,(H,25,27). The molecule has 0 unspecified atom stereocenters. The summed E-state index contributed by atoms with van der Waals surface area (Å²) in [6.45, 7) is 0.674. The summed E-state index contributed by atoms with van der Waals surface area (Å²) >= 11 is 0. The SMILES string of the molecule is O=C(COc1ccc(C(=O)c2ccccc2)cc1)NCCNc1ccc([N+](=O)[O-])cc1. The molecule has 0 bridgehead atoms. The number of benzene rings is 3. The van der Waals surface area contributed by atoms with E-state index in [9.17, 15) is 19.7 Å². The van der Waals surface area contributed by atoms with Crippen LogP contribution >= 0.6 is 0 Å². The predicted molar refractivity (Wildman–Crippen MR) is 116 cm³/mol. The third-order valence-electron chi connectivity index (χ3n) is 4.38. The zero-order valence-electron chi connectivity index (χ0n) is 16.6. The summed E-state index contributed by atoms with van der Waals surface area (Å²) in [5.74, 6) is 0.129. The van der Waals surface area contributed by atoms with E-state index >= 15 is 0 Å². The molecule has 0 aliphatic rings. The van der Waals surface area contributed by atoms with Crippen LogP contribution in [0.3, 0.4) is 0 Å². The Morgan fingerprint density at radius 1 is 0.839 bits per heavy atom. The van der Waals surface area contributed by atoms with Crippen molar-refractivity contribution in [3.8, 4) is 5.75 Å². The van der Waals surface area contributed by atoms with E-state index in [-0.39, 0.29) is 24.0 Å². The van der Waals surface area contributed by atoms with Crippen molar-refractivity contribution in [3.63, 3.8) is 0 Å². The second-order valence-electron chi connectivity index (χ2n) is 6.59. The molecule has 3 rings (SSSR count). The average molecular weight is 419 g/mol. The summed E-state index contributed by atoms with van der Waals surface area (Å²) in [5, 5.41) is 16.4. The molecule has 158 valence electrons. The van der Waals surface area contributed by atoms with Crippen molar-refractivity contribution in [2.24, 2.45) is 0 Å². The fraction of sp³-hybridized carbons (Fsp3) is 0.130. The molecule has 3 aromatic carbocycles. The van der Waals surface area contributed by atoms with Crippen LogP contribution in [0.2, 0.25) is 0 Å². The number of hydrogen-bond acceptors (Lipinski definition) is 6. The van der Waals surface area contributed by atoms with Crippen LogP contribution in [0, 0.1) is 10.1 Å². The highest BCUT2D eigenvalue weighted by atomic mass is 16.6. The fourth-order valence-corrected chi connectivity index (χ4v) is 2.77. The number of nitro benzene ring substituents is 1. The first kappa shape index (κ1) is 21.5. The zero-order valence-corrected chi connectivity index (χ0v) is 16.6. The van der Waals surface area contributed by atoms with Crippen LogP contribution in [0.25, 0.3) is 0 Å². The first-order chi connectivity index (χ1) is 15.0. The normalized spacial score (nSPS) is 10.2. The van der Waals surface area contributed by atoms with E-state index < -0.39 is 4.92 Å². The van der Waals surface area contributed by atoms with Crippen LogP contribution in [-0.4, -0.2) is 36.3 Å². The van der Waals surface area contributed by atoms with Crippen molar-refractivity contribution in [3.05, 3.63) is 100 Å². The molecule has 0 atom stereocenters. The Bertz CT molecular complexity index is 1040. The lowest BCUT2D eigenvalue weighted by molar-refractivity contribution is -0.384. The number of anilines is 1. The Balaban J connectivity index is 1.37. The fourth-order valence-electron chi connectivity index (χ4n) is 2.77. The minimum Gasteiger partial charge on any atom is -0.484 e. The maximum atomic E-state index is 12.4. The monoisotopic (exact) mass is 419 g/mol. The van der Waals surface area contributed by atoms with E-state index in [1.807, 2.05) is 18.2 Å². The van der Waals surface area contributed by atoms with Gasteiger partial charge in [-0.05, 0) is 36.4 Å². The van der Waals surface area contributed by atoms with Gasteiger partial charge in [-0.15, -0.1) is 0 Å². The average Bonchev–Trinajstić information content (AvgIpc) is 2.81. The lowest BCUT2D eigenvalue weighted by Gasteiger charge is -2.09. The molecule has 1 amide bonds. The smallest absolute Gasteiger partial charge is 0.269 e. The Morgan fingerprint density at radius 3 is 2.13 bits per heavy atom. The summed E-state index contributed by atoms with van der Waals surface area (Å²) in [6.07, 6.45) is 0. The van der Waals surface area contributed by atoms with E-state index in [0.29, 0.717) is 30.0 Å². The Hall–Kier alpha value is -4.20. The number of ketones is 1. The molecule has 3 aromatic rings. The van der Waals surface area contributed by atoms with Crippen molar-refractivity contribution < 1.29 is 19.2 Å². The van der Waals surface area contributed by atoms with Gasteiger partial charge < -0.3 is 15.4 Å². The number of non-ortho nitro benzene ring substituents is 1. The van der Waals surface area contributed by atoms with Crippen molar-refractivity contribution in [2.45, 2.75) is 0 Å². The molecule has 0 fully saturated rings. The number of ether oxygens (including phenoxy) is 1. The summed E-state index contributed by atoms with van der Waals surface area (Å²) < 4.78 is 5.45. The first-order valence-electron chi connectivity index (χ1n) is 9.60. The molecule has 2 N–H and O–H groups in total. The number of nitro groups is 1. The number of nitrogens with one attached hydrogen (secondary N) is 2. The number of amides is 1. The largest absolute Gasteiger partial charge is 0.484 e. The minimum absolute atomic E-state index is 0.0217. The van der Waals surface area contributed by atoms with Crippen molar-refractivity contribution in [1.29, 1.82) is 0 Å². The van der Waals surface area contributed by atoms with Crippen LogP contribution in [-0.2, 0) is 4.79 Å². The highest BCUT2D eigenvalue weighted by molar-refractivity contribution is 6.08. The topological polar surface area (TPSA) is 111 Å². The van der Waals surface area contributed by atoms with Gasteiger partial charge in [0.25, 0.3) is 11.6 Å². The third kappa shape index (κ3) is 6.40. The van der Waals surface area contributed by atoms with Crippen molar-refractivity contribution in [1.82, 2.24) is 5.32 Å². The predicted octanol–water partition coefficient (Wildman–Crippen LogP) is 3.43. The van der Waals surface area contributed by atoms with Gasteiger partial charge in [-0.25, -0.2) is 0 Å². The highest BCUT2D eigenvalue weighted by Gasteiger charge is 2.09. The molecule has 0 heterocycles. The molecular formula is C23H21N3O5. The van der Waals surface area contributed by atoms with Crippen LogP contribution in [0.1, 0.15) is 15.9 Å². The summed E-state index contributed by atoms with van der Waals surface area (Å²) in [4.78, 5) is 34.5. The van der Waals surface area contributed by atoms with Gasteiger partial charge in [0.2, 0.25) is 0 Å². The summed E-state index contributed by atoms with van der Waals surface area (Å²) in [7, 11) is 0. The maximum absolute atomic E-state index is 12.4. The quantitative estimate of drug-likeness (QED) is 0.225. The van der Waals surface area contributed by atoms with Gasteiger partial charge >= 0.3 is 0 Å². The zero-order chi connectivity index (χ0) is 22.1. The van der Waals surface area contributed by atoms with Gasteiger partial charge in [0.05, 0.1) is 4.92 Å². The third-order valence-corrected chi connectivity index (χ3v) is 4.38. The van der Waals surface area contributed by atoms with Crippen LogP contribution in [0.4, 0.5) is 11.4 Å². The molecule has 0 saturated heterocycles. The van der Waals surface area contributed by atoms with Gasteiger partial charge in [0.15, 0.2) is 12.4 Å². The molecule has 8 nitrogen and oxygen atoms in total. The Labute approximate surface area is 179 Å². The molecule has 0 aliphatic heterocycles. The van der Waals surface area contributed by atoms with Crippen LogP contribution in [0.5, 0.6) is 5.75 Å². The first-order valence-corrected chi connectivity index (χ1v) is 9.60. The van der Waals surface area contributed by atoms with Gasteiger partial charge in [0.1, 0.15) is 5.75 Å². The van der Waals surface area contributed by atoms with Crippen molar-refractivity contribution in [2.75, 3.05) is 25.0 Å². The van der Waals surface area contributed by atoms with E-state index in [1.54, 1.807) is 48.5 Å². The van der Waals surface area contributed by atoms with Gasteiger partial charge in [0, 0.05) is 42.0 Å². The summed E-state index contributed by atoms with van der Waals surface area (Å²) in [5.41, 5.74) is 1.90. The van der Waals surface area contributed by atoms with Gasteiger partial charge in [-0.1, -0.05) is 30.3 Å². The second-order valence-corrected chi connectivity index (χ2v) is 6.59. The van der Waals surface area contributed by atoms with E-state index in [1.165, 1.54) is 12.1 Å². The molecule has 0 aliphatic carbocycles.